The van der Waals surface area contributed by atoms with E-state index in [1.54, 1.807) is 0 Å². The predicted octanol–water partition coefficient (Wildman–Crippen LogP) is 4.13. The zero-order valence-electron chi connectivity index (χ0n) is 22.6. The van der Waals surface area contributed by atoms with Gasteiger partial charge in [0.2, 0.25) is 5.91 Å². The number of alkyl halides is 3. The van der Waals surface area contributed by atoms with Crippen LogP contribution < -0.4 is 19.1 Å². The molecule has 3 aromatic carbocycles. The van der Waals surface area contributed by atoms with Crippen molar-refractivity contribution < 1.29 is 54.9 Å². The van der Waals surface area contributed by atoms with Crippen LogP contribution in [-0.4, -0.2) is 61.2 Å². The number of anilines is 2. The summed E-state index contributed by atoms with van der Waals surface area (Å²) in [5, 5.41) is 2.36. The van der Waals surface area contributed by atoms with E-state index in [1.165, 1.54) is 20.3 Å². The fourth-order valence-corrected chi connectivity index (χ4v) is 5.19. The average molecular weight is 611 g/mol. The highest BCUT2D eigenvalue weighted by Gasteiger charge is 2.34. The molecule has 0 aromatic heterocycles. The maximum atomic E-state index is 13.8. The van der Waals surface area contributed by atoms with Crippen molar-refractivity contribution in [3.05, 3.63) is 77.4 Å². The van der Waals surface area contributed by atoms with E-state index >= 15 is 0 Å². The van der Waals surface area contributed by atoms with Crippen molar-refractivity contribution >= 4 is 39.2 Å². The van der Waals surface area contributed by atoms with Crippen LogP contribution in [0.2, 0.25) is 0 Å². The van der Waals surface area contributed by atoms with Crippen LogP contribution in [0.15, 0.2) is 65.6 Å². The van der Waals surface area contributed by atoms with Crippen LogP contribution in [0.3, 0.4) is 0 Å². The highest BCUT2D eigenvalue weighted by atomic mass is 32.2. The monoisotopic (exact) mass is 610 g/mol. The van der Waals surface area contributed by atoms with Crippen molar-refractivity contribution in [3.63, 3.8) is 0 Å². The SMILES string of the molecule is COC(=O)c1cc(NC(=O)CN(c2cccc(C(F)(F)F)c2)S(=O)(=O)c2ccc(OC)c(OC)c2)cc(C(=O)OC)c1. The molecule has 3 rings (SSSR count). The number of sulfonamides is 1. The van der Waals surface area contributed by atoms with Gasteiger partial charge in [-0.3, -0.25) is 9.10 Å². The molecule has 0 saturated carbocycles. The smallest absolute Gasteiger partial charge is 0.416 e. The van der Waals surface area contributed by atoms with Crippen LogP contribution in [0.1, 0.15) is 26.3 Å². The van der Waals surface area contributed by atoms with E-state index in [0.717, 1.165) is 62.8 Å². The number of amides is 1. The quantitative estimate of drug-likeness (QED) is 0.336. The molecule has 42 heavy (non-hydrogen) atoms. The third-order valence-corrected chi connectivity index (χ3v) is 7.52. The molecule has 0 spiro atoms. The van der Waals surface area contributed by atoms with Crippen LogP contribution in [0.5, 0.6) is 11.5 Å². The van der Waals surface area contributed by atoms with E-state index in [0.29, 0.717) is 10.4 Å². The second-order valence-corrected chi connectivity index (χ2v) is 10.3. The Bertz CT molecular complexity index is 1570. The summed E-state index contributed by atoms with van der Waals surface area (Å²) in [7, 11) is 0.0849. The average Bonchev–Trinajstić information content (AvgIpc) is 2.97. The molecule has 0 saturated heterocycles. The number of rotatable bonds is 10. The standard InChI is InChI=1S/C27H25F3N2O9S/c1-38-22-9-8-21(14-23(22)39-2)42(36,37)32(20-7-5-6-18(13-20)27(28,29)30)15-24(33)31-19-11-16(25(34)40-3)10-17(12-19)26(35)41-4/h5-14H,15H2,1-4H3,(H,31,33). The number of nitrogens with one attached hydrogen (secondary N) is 1. The van der Waals surface area contributed by atoms with Crippen molar-refractivity contribution in [3.8, 4) is 11.5 Å². The third kappa shape index (κ3) is 7.09. The number of halogens is 3. The number of ether oxygens (including phenoxy) is 4. The number of methoxy groups -OCH3 is 4. The number of carbonyl (C=O) groups is 3. The minimum absolute atomic E-state index is 0.0157. The first-order valence-electron chi connectivity index (χ1n) is 11.8. The molecule has 0 aliphatic carbocycles. The number of nitrogens with zero attached hydrogens (tertiary/aromatic N) is 1. The molecule has 0 bridgehead atoms. The Labute approximate surface area is 238 Å². The minimum atomic E-state index is -4.81. The van der Waals surface area contributed by atoms with Gasteiger partial charge in [0.25, 0.3) is 10.0 Å². The van der Waals surface area contributed by atoms with Gasteiger partial charge < -0.3 is 24.3 Å². The van der Waals surface area contributed by atoms with E-state index in [1.807, 2.05) is 0 Å². The van der Waals surface area contributed by atoms with Crippen LogP contribution in [0, 0.1) is 0 Å². The number of benzene rings is 3. The van der Waals surface area contributed by atoms with Gasteiger partial charge in [-0.1, -0.05) is 6.07 Å². The molecule has 0 aliphatic heterocycles. The Hall–Kier alpha value is -4.79. The van der Waals surface area contributed by atoms with Gasteiger partial charge in [-0.2, -0.15) is 13.2 Å². The first-order valence-corrected chi connectivity index (χ1v) is 13.2. The topological polar surface area (TPSA) is 138 Å². The Kier molecular flexibility index (Phi) is 9.67. The summed E-state index contributed by atoms with van der Waals surface area (Å²) >= 11 is 0. The number of hydrogen-bond donors (Lipinski definition) is 1. The summed E-state index contributed by atoms with van der Waals surface area (Å²) < 4.78 is 88.0. The van der Waals surface area contributed by atoms with Crippen molar-refractivity contribution in [2.45, 2.75) is 11.1 Å². The van der Waals surface area contributed by atoms with Crippen LogP contribution in [0.4, 0.5) is 24.5 Å². The summed E-state index contributed by atoms with van der Waals surface area (Å²) in [6, 6.07) is 10.4. The zero-order chi connectivity index (χ0) is 31.2. The predicted molar refractivity (Wildman–Crippen MR) is 143 cm³/mol. The number of esters is 2. The van der Waals surface area contributed by atoms with Gasteiger partial charge in [0.05, 0.1) is 55.7 Å². The molecular formula is C27H25F3N2O9S. The second kappa shape index (κ2) is 12.8. The lowest BCUT2D eigenvalue weighted by molar-refractivity contribution is -0.137. The Balaban J connectivity index is 2.09. The lowest BCUT2D eigenvalue weighted by Gasteiger charge is -2.25. The van der Waals surface area contributed by atoms with Gasteiger partial charge in [-0.15, -0.1) is 0 Å². The highest BCUT2D eigenvalue weighted by Crippen LogP contribution is 2.35. The van der Waals surface area contributed by atoms with Crippen molar-refractivity contribution in [1.82, 2.24) is 0 Å². The van der Waals surface area contributed by atoms with E-state index < -0.39 is 56.7 Å². The number of carbonyl (C=O) groups excluding carboxylic acids is 3. The summed E-state index contributed by atoms with van der Waals surface area (Å²) in [4.78, 5) is 36.9. The van der Waals surface area contributed by atoms with Crippen LogP contribution in [-0.2, 0) is 30.5 Å². The summed E-state index contributed by atoms with van der Waals surface area (Å²) in [6.07, 6.45) is -4.81. The molecule has 1 amide bonds. The van der Waals surface area contributed by atoms with E-state index in [4.69, 9.17) is 9.47 Å². The Morgan fingerprint density at radius 1 is 0.810 bits per heavy atom. The maximum Gasteiger partial charge on any atom is 0.416 e. The van der Waals surface area contributed by atoms with Gasteiger partial charge in [-0.05, 0) is 48.5 Å². The zero-order valence-corrected chi connectivity index (χ0v) is 23.5. The third-order valence-electron chi connectivity index (χ3n) is 5.75. The summed E-state index contributed by atoms with van der Waals surface area (Å²) in [5.74, 6) is -2.52. The lowest BCUT2D eigenvalue weighted by Crippen LogP contribution is -2.38. The normalized spacial score (nSPS) is 11.3. The van der Waals surface area contributed by atoms with E-state index in [-0.39, 0.29) is 28.3 Å². The summed E-state index contributed by atoms with van der Waals surface area (Å²) in [5.41, 5.74) is -2.00. The second-order valence-electron chi connectivity index (χ2n) is 8.41. The van der Waals surface area contributed by atoms with Crippen molar-refractivity contribution in [1.29, 1.82) is 0 Å². The first-order chi connectivity index (χ1) is 19.7. The van der Waals surface area contributed by atoms with Crippen molar-refractivity contribution in [2.24, 2.45) is 0 Å². The fourth-order valence-electron chi connectivity index (χ4n) is 3.76. The molecule has 0 aliphatic rings. The minimum Gasteiger partial charge on any atom is -0.493 e. The molecule has 11 nitrogen and oxygen atoms in total. The van der Waals surface area contributed by atoms with Gasteiger partial charge in [0, 0.05) is 11.8 Å². The maximum absolute atomic E-state index is 13.8. The van der Waals surface area contributed by atoms with E-state index in [9.17, 15) is 36.0 Å². The Morgan fingerprint density at radius 3 is 1.93 bits per heavy atom. The molecule has 0 fully saturated rings. The fraction of sp³-hybridized carbons (Fsp3) is 0.222. The lowest BCUT2D eigenvalue weighted by atomic mass is 10.1. The van der Waals surface area contributed by atoms with Crippen LogP contribution >= 0.6 is 0 Å². The van der Waals surface area contributed by atoms with E-state index in [2.05, 4.69) is 14.8 Å². The molecular weight excluding hydrogens is 585 g/mol. The van der Waals surface area contributed by atoms with Gasteiger partial charge >= 0.3 is 18.1 Å². The van der Waals surface area contributed by atoms with Crippen LogP contribution in [0.25, 0.3) is 0 Å². The molecule has 1 N–H and O–H groups in total. The Morgan fingerprint density at radius 2 is 1.40 bits per heavy atom. The molecule has 3 aromatic rings. The molecule has 224 valence electrons. The first kappa shape index (κ1) is 31.7. The molecule has 0 heterocycles. The molecule has 0 unspecified atom stereocenters. The highest BCUT2D eigenvalue weighted by molar-refractivity contribution is 7.92. The molecule has 15 heteroatoms. The van der Waals surface area contributed by atoms with Gasteiger partial charge in [-0.25, -0.2) is 18.0 Å². The van der Waals surface area contributed by atoms with Crippen molar-refractivity contribution in [2.75, 3.05) is 44.6 Å². The molecule has 0 radical (unpaired) electrons. The summed E-state index contributed by atoms with van der Waals surface area (Å²) in [6.45, 7) is -1.01. The van der Waals surface area contributed by atoms with Gasteiger partial charge in [0.15, 0.2) is 11.5 Å². The largest absolute Gasteiger partial charge is 0.493 e. The number of hydrogen-bond acceptors (Lipinski definition) is 9. The molecule has 0 atom stereocenters. The van der Waals surface area contributed by atoms with Gasteiger partial charge in [0.1, 0.15) is 6.54 Å².